The molecule has 9 nitrogen and oxygen atoms in total. The first-order valence-electron chi connectivity index (χ1n) is 11.5. The predicted octanol–water partition coefficient (Wildman–Crippen LogP) is 3.61. The molecule has 180 valence electrons. The molecule has 3 heterocycles. The topological polar surface area (TPSA) is 121 Å². The number of aromatic nitrogens is 3. The molecule has 0 fully saturated rings. The van der Waals surface area contributed by atoms with Crippen molar-refractivity contribution in [3.8, 4) is 0 Å². The van der Waals surface area contributed by atoms with Gasteiger partial charge < -0.3 is 20.5 Å². The molecule has 0 saturated carbocycles. The summed E-state index contributed by atoms with van der Waals surface area (Å²) in [6.07, 6.45) is 9.83. The molecule has 1 aliphatic heterocycles. The number of ether oxygens (including phenoxy) is 1. The summed E-state index contributed by atoms with van der Waals surface area (Å²) in [6, 6.07) is 4.27. The van der Waals surface area contributed by atoms with Crippen molar-refractivity contribution in [1.82, 2.24) is 20.3 Å². The Morgan fingerprint density at radius 1 is 1.24 bits per heavy atom. The molecule has 2 aromatic rings. The number of pyridine rings is 1. The molecule has 2 aromatic heterocycles. The van der Waals surface area contributed by atoms with E-state index >= 15 is 0 Å². The fourth-order valence-electron chi connectivity index (χ4n) is 3.88. The summed E-state index contributed by atoms with van der Waals surface area (Å²) in [7, 11) is 1.64. The van der Waals surface area contributed by atoms with E-state index in [0.29, 0.717) is 26.0 Å². The van der Waals surface area contributed by atoms with Crippen molar-refractivity contribution in [3.05, 3.63) is 40.3 Å². The molecule has 3 rings (SSSR count). The zero-order valence-electron chi connectivity index (χ0n) is 19.1. The summed E-state index contributed by atoms with van der Waals surface area (Å²) < 4.78 is 5.84. The number of nitrogens with zero attached hydrogens (tertiary/aromatic N) is 3. The van der Waals surface area contributed by atoms with Crippen molar-refractivity contribution in [3.63, 3.8) is 0 Å². The maximum Gasteiger partial charge on any atom is 0.344 e. The van der Waals surface area contributed by atoms with E-state index in [1.165, 1.54) is 5.56 Å². The van der Waals surface area contributed by atoms with Crippen molar-refractivity contribution >= 4 is 33.7 Å². The first-order chi connectivity index (χ1) is 16.0. The van der Waals surface area contributed by atoms with Gasteiger partial charge in [-0.15, -0.1) is 0 Å². The van der Waals surface area contributed by atoms with Gasteiger partial charge in [-0.2, -0.15) is 0 Å². The van der Waals surface area contributed by atoms with Gasteiger partial charge in [0.1, 0.15) is 5.82 Å². The number of aryl methyl sites for hydroxylation is 2. The lowest BCUT2D eigenvalue weighted by molar-refractivity contribution is -0.144. The average molecular weight is 521 g/mol. The van der Waals surface area contributed by atoms with E-state index < -0.39 is 11.6 Å². The lowest BCUT2D eigenvalue weighted by Gasteiger charge is -2.32. The van der Waals surface area contributed by atoms with E-state index in [2.05, 4.69) is 54.0 Å². The number of hydrogen-bond donors (Lipinski definition) is 4. The van der Waals surface area contributed by atoms with E-state index in [4.69, 9.17) is 9.72 Å². The van der Waals surface area contributed by atoms with Crippen LogP contribution in [0.2, 0.25) is 0 Å². The second-order valence-electron chi connectivity index (χ2n) is 8.23. The summed E-state index contributed by atoms with van der Waals surface area (Å²) in [5, 5.41) is 19.7. The Labute approximate surface area is 203 Å². The van der Waals surface area contributed by atoms with E-state index in [9.17, 15) is 9.90 Å². The lowest BCUT2D eigenvalue weighted by Crippen LogP contribution is -2.58. The van der Waals surface area contributed by atoms with E-state index in [0.717, 1.165) is 61.1 Å². The van der Waals surface area contributed by atoms with E-state index in [1.807, 2.05) is 0 Å². The van der Waals surface area contributed by atoms with Crippen LogP contribution in [0.4, 0.5) is 11.8 Å². The van der Waals surface area contributed by atoms with Gasteiger partial charge in [0.2, 0.25) is 5.95 Å². The molecule has 0 radical (unpaired) electrons. The fraction of sp³-hybridized carbons (Fsp3) is 0.565. The van der Waals surface area contributed by atoms with Gasteiger partial charge in [0.25, 0.3) is 0 Å². The SMILES string of the molecule is COCCCC[C@](NCCCCc1ccc2c(n1)NCCC2)(Nc1ncc(Br)cn1)C(=O)O. The maximum absolute atomic E-state index is 12.3. The Morgan fingerprint density at radius 3 is 2.82 bits per heavy atom. The molecule has 0 aromatic carbocycles. The molecule has 0 saturated heterocycles. The number of halogens is 1. The Morgan fingerprint density at radius 2 is 2.06 bits per heavy atom. The Balaban J connectivity index is 1.56. The average Bonchev–Trinajstić information content (AvgIpc) is 2.82. The molecule has 33 heavy (non-hydrogen) atoms. The second-order valence-corrected chi connectivity index (χ2v) is 9.15. The lowest BCUT2D eigenvalue weighted by atomic mass is 10.0. The summed E-state index contributed by atoms with van der Waals surface area (Å²) >= 11 is 3.30. The number of aliphatic carboxylic acids is 1. The number of rotatable bonds is 14. The van der Waals surface area contributed by atoms with Gasteiger partial charge >= 0.3 is 5.97 Å². The molecule has 0 spiro atoms. The van der Waals surface area contributed by atoms with Gasteiger partial charge in [-0.25, -0.2) is 19.7 Å². The highest BCUT2D eigenvalue weighted by Crippen LogP contribution is 2.21. The van der Waals surface area contributed by atoms with Crippen LogP contribution in [-0.2, 0) is 22.4 Å². The standard InChI is InChI=1S/C23H33BrN6O3/c1-33-14-5-3-11-23(21(31)32,30-22-26-15-18(24)16-27-22)28-13-4-2-8-19-10-9-17-7-6-12-25-20(17)29-19/h9-10,15-16,28H,2-8,11-14H2,1H3,(H,25,29)(H,31,32)(H,26,27,30)/t23-/m0/s1. The van der Waals surface area contributed by atoms with Gasteiger partial charge in [-0.3, -0.25) is 5.32 Å². The van der Waals surface area contributed by atoms with Crippen LogP contribution in [0.25, 0.3) is 0 Å². The van der Waals surface area contributed by atoms with Gasteiger partial charge in [-0.05, 0) is 85.5 Å². The quantitative estimate of drug-likeness (QED) is 0.218. The largest absolute Gasteiger partial charge is 0.478 e. The van der Waals surface area contributed by atoms with Crippen molar-refractivity contribution in [1.29, 1.82) is 0 Å². The third-order valence-electron chi connectivity index (χ3n) is 5.70. The third kappa shape index (κ3) is 7.62. The summed E-state index contributed by atoms with van der Waals surface area (Å²) in [5.41, 5.74) is 0.997. The smallest absolute Gasteiger partial charge is 0.344 e. The van der Waals surface area contributed by atoms with E-state index in [1.54, 1.807) is 19.5 Å². The fourth-order valence-corrected chi connectivity index (χ4v) is 4.08. The summed E-state index contributed by atoms with van der Waals surface area (Å²) in [5.74, 6) is 0.302. The summed E-state index contributed by atoms with van der Waals surface area (Å²) in [4.78, 5) is 25.5. The van der Waals surface area contributed by atoms with Crippen molar-refractivity contribution in [2.75, 3.05) is 37.4 Å². The summed E-state index contributed by atoms with van der Waals surface area (Å²) in [6.45, 7) is 2.11. The molecule has 1 aliphatic rings. The number of carbonyl (C=O) groups is 1. The van der Waals surface area contributed by atoms with Crippen LogP contribution in [0.1, 0.15) is 49.8 Å². The number of nitrogens with one attached hydrogen (secondary N) is 3. The highest BCUT2D eigenvalue weighted by Gasteiger charge is 2.38. The van der Waals surface area contributed by atoms with Crippen LogP contribution >= 0.6 is 15.9 Å². The molecular weight excluding hydrogens is 488 g/mol. The predicted molar refractivity (Wildman–Crippen MR) is 131 cm³/mol. The van der Waals surface area contributed by atoms with Crippen molar-refractivity contribution < 1.29 is 14.6 Å². The van der Waals surface area contributed by atoms with Crippen LogP contribution in [0.5, 0.6) is 0 Å². The normalized spacial score (nSPS) is 14.7. The number of unbranched alkanes of at least 4 members (excludes halogenated alkanes) is 2. The highest BCUT2D eigenvalue weighted by atomic mass is 79.9. The zero-order chi connectivity index (χ0) is 23.5. The van der Waals surface area contributed by atoms with Gasteiger partial charge in [-0.1, -0.05) is 6.07 Å². The van der Waals surface area contributed by atoms with Gasteiger partial charge in [0.15, 0.2) is 5.66 Å². The zero-order valence-corrected chi connectivity index (χ0v) is 20.7. The third-order valence-corrected chi connectivity index (χ3v) is 6.11. The second kappa shape index (κ2) is 12.8. The number of hydrogen-bond acceptors (Lipinski definition) is 8. The Bertz CT molecular complexity index is 898. The van der Waals surface area contributed by atoms with Crippen LogP contribution in [0, 0.1) is 0 Å². The Kier molecular flexibility index (Phi) is 9.83. The van der Waals surface area contributed by atoms with Crippen LogP contribution in [0.3, 0.4) is 0 Å². The number of carboxylic acids is 1. The molecule has 0 aliphatic carbocycles. The molecular formula is C23H33BrN6O3. The minimum atomic E-state index is -1.35. The number of anilines is 2. The molecule has 4 N–H and O–H groups in total. The minimum absolute atomic E-state index is 0.269. The molecule has 10 heteroatoms. The van der Waals surface area contributed by atoms with Crippen molar-refractivity contribution in [2.45, 2.75) is 57.0 Å². The maximum atomic E-state index is 12.3. The first-order valence-corrected chi connectivity index (χ1v) is 12.3. The molecule has 0 unspecified atom stereocenters. The van der Waals surface area contributed by atoms with Crippen molar-refractivity contribution in [2.24, 2.45) is 0 Å². The van der Waals surface area contributed by atoms with Gasteiger partial charge in [0, 0.05) is 38.3 Å². The van der Waals surface area contributed by atoms with Crippen LogP contribution in [0.15, 0.2) is 29.0 Å². The number of carboxylic acid groups (broad SMARTS) is 1. The number of fused-ring (bicyclic) bond motifs is 1. The van der Waals surface area contributed by atoms with Gasteiger partial charge in [0.05, 0.1) is 4.47 Å². The monoisotopic (exact) mass is 520 g/mol. The highest BCUT2D eigenvalue weighted by molar-refractivity contribution is 9.10. The molecule has 1 atom stereocenters. The van der Waals surface area contributed by atoms with E-state index in [-0.39, 0.29) is 5.95 Å². The first kappa shape index (κ1) is 25.3. The minimum Gasteiger partial charge on any atom is -0.478 e. The van der Waals surface area contributed by atoms with Crippen LogP contribution in [-0.4, -0.2) is 58.5 Å². The molecule has 0 amide bonds. The molecule has 0 bridgehead atoms. The number of methoxy groups -OCH3 is 1. The van der Waals surface area contributed by atoms with Crippen LogP contribution < -0.4 is 16.0 Å². The Hall–Kier alpha value is -2.30.